The van der Waals surface area contributed by atoms with Crippen molar-refractivity contribution in [1.82, 2.24) is 0 Å². The molecule has 0 aliphatic heterocycles. The first-order chi connectivity index (χ1) is 14.5. The molecule has 3 aromatic rings. The molecular weight excluding hydrogens is 418 g/mol. The Balaban J connectivity index is 1.69. The van der Waals surface area contributed by atoms with Gasteiger partial charge >= 0.3 is 0 Å². The van der Waals surface area contributed by atoms with Gasteiger partial charge in [-0.2, -0.15) is 0 Å². The van der Waals surface area contributed by atoms with Crippen LogP contribution in [0.25, 0.3) is 0 Å². The summed E-state index contributed by atoms with van der Waals surface area (Å²) in [5.74, 6) is 1.75. The maximum atomic E-state index is 12.8. The normalized spacial score (nSPS) is 11.1. The van der Waals surface area contributed by atoms with Gasteiger partial charge < -0.3 is 9.47 Å². The van der Waals surface area contributed by atoms with Gasteiger partial charge in [0, 0.05) is 22.4 Å². The molecule has 7 heteroatoms. The number of hydrogen-bond acceptors (Lipinski definition) is 5. The van der Waals surface area contributed by atoms with Crippen molar-refractivity contribution < 1.29 is 17.9 Å². The molecule has 0 fully saturated rings. The van der Waals surface area contributed by atoms with Gasteiger partial charge in [0.05, 0.1) is 18.1 Å². The van der Waals surface area contributed by atoms with Crippen LogP contribution in [0.2, 0.25) is 0 Å². The number of nitrogens with one attached hydrogen (secondary N) is 1. The molecule has 0 spiro atoms. The highest BCUT2D eigenvalue weighted by molar-refractivity contribution is 7.98. The first-order valence-electron chi connectivity index (χ1n) is 9.71. The van der Waals surface area contributed by atoms with Gasteiger partial charge in [-0.15, -0.1) is 11.8 Å². The van der Waals surface area contributed by atoms with Gasteiger partial charge in [-0.25, -0.2) is 8.42 Å². The van der Waals surface area contributed by atoms with Gasteiger partial charge in [0.15, 0.2) is 11.5 Å². The molecule has 0 heterocycles. The summed E-state index contributed by atoms with van der Waals surface area (Å²) in [7, 11) is -3.74. The molecule has 0 amide bonds. The molecule has 0 aromatic heterocycles. The number of benzene rings is 3. The van der Waals surface area contributed by atoms with Crippen LogP contribution in [-0.2, 0) is 15.8 Å². The summed E-state index contributed by atoms with van der Waals surface area (Å²) in [5, 5.41) is 0. The lowest BCUT2D eigenvalue weighted by Gasteiger charge is -2.13. The van der Waals surface area contributed by atoms with Gasteiger partial charge in [0.2, 0.25) is 0 Å². The molecule has 0 saturated carbocycles. The lowest BCUT2D eigenvalue weighted by molar-refractivity contribution is 0.287. The second-order valence-electron chi connectivity index (χ2n) is 6.38. The third-order valence-electron chi connectivity index (χ3n) is 4.18. The third-order valence-corrected chi connectivity index (χ3v) is 6.64. The number of rotatable bonds is 10. The topological polar surface area (TPSA) is 64.6 Å². The Kier molecular flexibility index (Phi) is 7.65. The summed E-state index contributed by atoms with van der Waals surface area (Å²) in [6.07, 6.45) is 0. The van der Waals surface area contributed by atoms with Gasteiger partial charge in [0.25, 0.3) is 10.0 Å². The van der Waals surface area contributed by atoms with Gasteiger partial charge in [-0.05, 0) is 55.8 Å². The van der Waals surface area contributed by atoms with E-state index < -0.39 is 10.0 Å². The summed E-state index contributed by atoms with van der Waals surface area (Å²) in [4.78, 5) is 1.32. The zero-order chi connectivity index (χ0) is 21.4. The zero-order valence-electron chi connectivity index (χ0n) is 17.0. The van der Waals surface area contributed by atoms with Crippen molar-refractivity contribution in [3.05, 3.63) is 78.4 Å². The van der Waals surface area contributed by atoms with Crippen molar-refractivity contribution in [2.24, 2.45) is 0 Å². The molecule has 0 radical (unpaired) electrons. The zero-order valence-corrected chi connectivity index (χ0v) is 18.6. The van der Waals surface area contributed by atoms with Crippen molar-refractivity contribution in [3.8, 4) is 11.5 Å². The van der Waals surface area contributed by atoms with Crippen molar-refractivity contribution >= 4 is 27.5 Å². The van der Waals surface area contributed by atoms with E-state index in [-0.39, 0.29) is 4.90 Å². The van der Waals surface area contributed by atoms with Crippen LogP contribution < -0.4 is 14.2 Å². The first kappa shape index (κ1) is 22.1. The van der Waals surface area contributed by atoms with Crippen LogP contribution in [0.3, 0.4) is 0 Å². The van der Waals surface area contributed by atoms with E-state index in [4.69, 9.17) is 9.47 Å². The highest BCUT2D eigenvalue weighted by Gasteiger charge is 2.17. The van der Waals surface area contributed by atoms with Gasteiger partial charge in [-0.1, -0.05) is 30.3 Å². The van der Waals surface area contributed by atoms with E-state index in [1.807, 2.05) is 44.2 Å². The quantitative estimate of drug-likeness (QED) is 0.415. The second kappa shape index (κ2) is 10.4. The molecule has 0 unspecified atom stereocenters. The predicted octanol–water partition coefficient (Wildman–Crippen LogP) is 5.58. The summed E-state index contributed by atoms with van der Waals surface area (Å²) in [6.45, 7) is 4.59. The van der Waals surface area contributed by atoms with E-state index >= 15 is 0 Å². The van der Waals surface area contributed by atoms with Crippen molar-refractivity contribution in [2.45, 2.75) is 29.4 Å². The Morgan fingerprint density at radius 2 is 1.50 bits per heavy atom. The molecule has 0 aliphatic rings. The smallest absolute Gasteiger partial charge is 0.262 e. The van der Waals surface area contributed by atoms with Crippen LogP contribution in [0, 0.1) is 0 Å². The lowest BCUT2D eigenvalue weighted by Crippen LogP contribution is -2.13. The minimum Gasteiger partial charge on any atom is -0.490 e. The van der Waals surface area contributed by atoms with Crippen LogP contribution >= 0.6 is 11.8 Å². The lowest BCUT2D eigenvalue weighted by atomic mass is 10.2. The van der Waals surface area contributed by atoms with Gasteiger partial charge in [0.1, 0.15) is 0 Å². The number of thioether (sulfide) groups is 1. The maximum Gasteiger partial charge on any atom is 0.262 e. The Morgan fingerprint density at radius 1 is 0.833 bits per heavy atom. The number of sulfonamides is 1. The van der Waals surface area contributed by atoms with Crippen molar-refractivity contribution in [3.63, 3.8) is 0 Å². The Bertz CT molecular complexity index is 1050. The van der Waals surface area contributed by atoms with Crippen LogP contribution in [0.4, 0.5) is 5.69 Å². The average Bonchev–Trinajstić information content (AvgIpc) is 2.75. The minimum atomic E-state index is -3.74. The van der Waals surface area contributed by atoms with E-state index in [1.165, 1.54) is 17.0 Å². The van der Waals surface area contributed by atoms with Crippen LogP contribution in [-0.4, -0.2) is 21.6 Å². The standard InChI is InChI=1S/C23H25NO4S2/c1-3-27-22-15-14-21(16-23(22)28-4-2)30(25,26)24-19-12-10-18(11-13-19)17-29-20-8-6-5-7-9-20/h5-16,24H,3-4,17H2,1-2H3. The summed E-state index contributed by atoms with van der Waals surface area (Å²) < 4.78 is 39.3. The van der Waals surface area contributed by atoms with Crippen LogP contribution in [0.5, 0.6) is 11.5 Å². The fraction of sp³-hybridized carbons (Fsp3) is 0.217. The fourth-order valence-corrected chi connectivity index (χ4v) is 4.71. The second-order valence-corrected chi connectivity index (χ2v) is 9.11. The summed E-state index contributed by atoms with van der Waals surface area (Å²) >= 11 is 1.74. The highest BCUT2D eigenvalue weighted by Crippen LogP contribution is 2.31. The molecule has 5 nitrogen and oxygen atoms in total. The van der Waals surface area contributed by atoms with E-state index in [1.54, 1.807) is 30.0 Å². The maximum absolute atomic E-state index is 12.8. The summed E-state index contributed by atoms with van der Waals surface area (Å²) in [5.41, 5.74) is 1.63. The number of hydrogen-bond donors (Lipinski definition) is 1. The minimum absolute atomic E-state index is 0.123. The molecule has 0 atom stereocenters. The molecule has 0 aliphatic carbocycles. The van der Waals surface area contributed by atoms with E-state index in [9.17, 15) is 8.42 Å². The average molecular weight is 444 g/mol. The molecule has 0 saturated heterocycles. The molecular formula is C23H25NO4S2. The van der Waals surface area contributed by atoms with E-state index in [0.29, 0.717) is 30.4 Å². The summed E-state index contributed by atoms with van der Waals surface area (Å²) in [6, 6.07) is 22.2. The molecule has 30 heavy (non-hydrogen) atoms. The Labute approximate surface area is 182 Å². The fourth-order valence-electron chi connectivity index (χ4n) is 2.77. The number of ether oxygens (including phenoxy) is 2. The van der Waals surface area contributed by atoms with Crippen LogP contribution in [0.1, 0.15) is 19.4 Å². The molecule has 3 rings (SSSR count). The van der Waals surface area contributed by atoms with E-state index in [2.05, 4.69) is 16.9 Å². The van der Waals surface area contributed by atoms with Crippen molar-refractivity contribution in [2.75, 3.05) is 17.9 Å². The third kappa shape index (κ3) is 5.93. The molecule has 3 aromatic carbocycles. The SMILES string of the molecule is CCOc1ccc(S(=O)(=O)Nc2ccc(CSc3ccccc3)cc2)cc1OCC. The Hall–Kier alpha value is -2.64. The number of anilines is 1. The Morgan fingerprint density at radius 3 is 2.17 bits per heavy atom. The van der Waals surface area contributed by atoms with Crippen LogP contribution in [0.15, 0.2) is 82.6 Å². The monoisotopic (exact) mass is 443 g/mol. The molecule has 1 N–H and O–H groups in total. The van der Waals surface area contributed by atoms with Crippen molar-refractivity contribution in [1.29, 1.82) is 0 Å². The van der Waals surface area contributed by atoms with Gasteiger partial charge in [-0.3, -0.25) is 4.72 Å². The first-order valence-corrected chi connectivity index (χ1v) is 12.2. The largest absolute Gasteiger partial charge is 0.490 e. The van der Waals surface area contributed by atoms with E-state index in [0.717, 1.165) is 11.3 Å². The molecule has 0 bridgehead atoms. The highest BCUT2D eigenvalue weighted by atomic mass is 32.2. The predicted molar refractivity (Wildman–Crippen MR) is 122 cm³/mol. The molecule has 158 valence electrons.